The first-order valence-corrected chi connectivity index (χ1v) is 5.71. The summed E-state index contributed by atoms with van der Waals surface area (Å²) in [7, 11) is 0. The molecule has 0 heterocycles. The summed E-state index contributed by atoms with van der Waals surface area (Å²) in [6, 6.07) is 0. The molecule has 0 aromatic heterocycles. The number of rotatable bonds is 4. The zero-order valence-electron chi connectivity index (χ0n) is 8.96. The van der Waals surface area contributed by atoms with Gasteiger partial charge in [-0.15, -0.1) is 0 Å². The Kier molecular flexibility index (Phi) is 4.47. The van der Waals surface area contributed by atoms with Gasteiger partial charge in [0.2, 0.25) is 0 Å². The SMILES string of the molecule is CCC1CCC(CC(C)C=O)CC1. The molecule has 0 amide bonds. The van der Waals surface area contributed by atoms with Crippen LogP contribution >= 0.6 is 0 Å². The molecule has 1 unspecified atom stereocenters. The van der Waals surface area contributed by atoms with Crippen LogP contribution in [0.5, 0.6) is 0 Å². The fourth-order valence-corrected chi connectivity index (χ4v) is 2.46. The maximum Gasteiger partial charge on any atom is 0.122 e. The molecule has 1 fully saturated rings. The minimum atomic E-state index is 0.281. The van der Waals surface area contributed by atoms with Gasteiger partial charge in [-0.25, -0.2) is 0 Å². The van der Waals surface area contributed by atoms with E-state index in [0.29, 0.717) is 0 Å². The molecule has 1 heteroatoms. The normalized spacial score (nSPS) is 31.2. The van der Waals surface area contributed by atoms with E-state index in [1.165, 1.54) is 32.1 Å². The molecule has 1 atom stereocenters. The Morgan fingerprint density at radius 2 is 1.77 bits per heavy atom. The van der Waals surface area contributed by atoms with Crippen LogP contribution in [0.2, 0.25) is 0 Å². The van der Waals surface area contributed by atoms with Crippen LogP contribution in [0.15, 0.2) is 0 Å². The molecule has 0 aromatic carbocycles. The second kappa shape index (κ2) is 5.41. The molecule has 13 heavy (non-hydrogen) atoms. The molecule has 0 spiro atoms. The van der Waals surface area contributed by atoms with Crippen molar-refractivity contribution in [3.8, 4) is 0 Å². The Hall–Kier alpha value is -0.330. The second-order valence-corrected chi connectivity index (χ2v) is 4.64. The van der Waals surface area contributed by atoms with Gasteiger partial charge in [0.05, 0.1) is 0 Å². The number of aldehydes is 1. The van der Waals surface area contributed by atoms with Crippen molar-refractivity contribution >= 4 is 6.29 Å². The first kappa shape index (κ1) is 10.7. The minimum absolute atomic E-state index is 0.281. The van der Waals surface area contributed by atoms with Crippen molar-refractivity contribution in [3.63, 3.8) is 0 Å². The summed E-state index contributed by atoms with van der Waals surface area (Å²) in [5.74, 6) is 2.09. The summed E-state index contributed by atoms with van der Waals surface area (Å²) in [4.78, 5) is 10.5. The van der Waals surface area contributed by atoms with E-state index in [2.05, 4.69) is 6.92 Å². The van der Waals surface area contributed by atoms with Crippen LogP contribution in [0.4, 0.5) is 0 Å². The molecule has 0 aliphatic heterocycles. The van der Waals surface area contributed by atoms with Crippen molar-refractivity contribution < 1.29 is 4.79 Å². The lowest BCUT2D eigenvalue weighted by Gasteiger charge is -2.28. The maximum atomic E-state index is 10.5. The van der Waals surface area contributed by atoms with E-state index in [1.807, 2.05) is 6.92 Å². The van der Waals surface area contributed by atoms with Gasteiger partial charge in [0.15, 0.2) is 0 Å². The van der Waals surface area contributed by atoms with Gasteiger partial charge < -0.3 is 4.79 Å². The van der Waals surface area contributed by atoms with Crippen LogP contribution in [-0.4, -0.2) is 6.29 Å². The lowest BCUT2D eigenvalue weighted by atomic mass is 9.78. The third kappa shape index (κ3) is 3.50. The lowest BCUT2D eigenvalue weighted by molar-refractivity contribution is -0.111. The van der Waals surface area contributed by atoms with Crippen LogP contribution in [0, 0.1) is 17.8 Å². The highest BCUT2D eigenvalue weighted by Gasteiger charge is 2.21. The van der Waals surface area contributed by atoms with Gasteiger partial charge in [0.25, 0.3) is 0 Å². The van der Waals surface area contributed by atoms with E-state index in [-0.39, 0.29) is 5.92 Å². The van der Waals surface area contributed by atoms with Crippen molar-refractivity contribution in [3.05, 3.63) is 0 Å². The Balaban J connectivity index is 2.21. The predicted octanol–water partition coefficient (Wildman–Crippen LogP) is 3.43. The summed E-state index contributed by atoms with van der Waals surface area (Å²) >= 11 is 0. The van der Waals surface area contributed by atoms with Gasteiger partial charge in [-0.1, -0.05) is 46.0 Å². The number of carbonyl (C=O) groups excluding carboxylic acids is 1. The van der Waals surface area contributed by atoms with E-state index in [4.69, 9.17) is 0 Å². The zero-order chi connectivity index (χ0) is 9.68. The van der Waals surface area contributed by atoms with E-state index in [1.54, 1.807) is 0 Å². The van der Waals surface area contributed by atoms with E-state index >= 15 is 0 Å². The molecule has 0 saturated heterocycles. The average Bonchev–Trinajstić information content (AvgIpc) is 2.19. The highest BCUT2D eigenvalue weighted by molar-refractivity contribution is 5.52. The number of hydrogen-bond donors (Lipinski definition) is 0. The highest BCUT2D eigenvalue weighted by atomic mass is 16.1. The van der Waals surface area contributed by atoms with Crippen LogP contribution in [0.25, 0.3) is 0 Å². The molecule has 1 aliphatic carbocycles. The fraction of sp³-hybridized carbons (Fsp3) is 0.917. The molecule has 0 N–H and O–H groups in total. The summed E-state index contributed by atoms with van der Waals surface area (Å²) in [6.07, 6.45) is 9.08. The molecule has 1 saturated carbocycles. The third-order valence-corrected chi connectivity index (χ3v) is 3.48. The molecule has 1 nitrogen and oxygen atoms in total. The fourth-order valence-electron chi connectivity index (χ4n) is 2.46. The third-order valence-electron chi connectivity index (χ3n) is 3.48. The Morgan fingerprint density at radius 1 is 1.23 bits per heavy atom. The van der Waals surface area contributed by atoms with Crippen LogP contribution in [0.1, 0.15) is 52.4 Å². The lowest BCUT2D eigenvalue weighted by Crippen LogP contribution is -2.16. The van der Waals surface area contributed by atoms with E-state index < -0.39 is 0 Å². The van der Waals surface area contributed by atoms with Gasteiger partial charge in [-0.3, -0.25) is 0 Å². The molecule has 1 aliphatic rings. The monoisotopic (exact) mass is 182 g/mol. The number of carbonyl (C=O) groups is 1. The Labute approximate surface area is 81.9 Å². The van der Waals surface area contributed by atoms with Crippen LogP contribution in [-0.2, 0) is 4.79 Å². The molecule has 1 rings (SSSR count). The van der Waals surface area contributed by atoms with Crippen molar-refractivity contribution in [1.82, 2.24) is 0 Å². The van der Waals surface area contributed by atoms with Gasteiger partial charge in [-0.2, -0.15) is 0 Å². The summed E-state index contributed by atoms with van der Waals surface area (Å²) in [5.41, 5.74) is 0. The molecule has 0 aromatic rings. The van der Waals surface area contributed by atoms with E-state index in [0.717, 1.165) is 24.5 Å². The van der Waals surface area contributed by atoms with Gasteiger partial charge in [0, 0.05) is 5.92 Å². The van der Waals surface area contributed by atoms with Crippen LogP contribution < -0.4 is 0 Å². The molecule has 0 bridgehead atoms. The van der Waals surface area contributed by atoms with Gasteiger partial charge in [-0.05, 0) is 18.3 Å². The Bertz CT molecular complexity index is 145. The van der Waals surface area contributed by atoms with Crippen molar-refractivity contribution in [1.29, 1.82) is 0 Å². The molecule has 76 valence electrons. The molecular formula is C12H22O. The standard InChI is InChI=1S/C12H22O/c1-3-11-4-6-12(7-5-11)8-10(2)9-13/h9-12H,3-8H2,1-2H3. The summed E-state index contributed by atoms with van der Waals surface area (Å²) in [5, 5.41) is 0. The van der Waals surface area contributed by atoms with Crippen molar-refractivity contribution in [2.45, 2.75) is 52.4 Å². The average molecular weight is 182 g/mol. The first-order chi connectivity index (χ1) is 6.26. The molecular weight excluding hydrogens is 160 g/mol. The predicted molar refractivity (Wildman–Crippen MR) is 55.6 cm³/mol. The summed E-state index contributed by atoms with van der Waals surface area (Å²) in [6.45, 7) is 4.33. The zero-order valence-corrected chi connectivity index (χ0v) is 8.96. The molecule has 0 radical (unpaired) electrons. The van der Waals surface area contributed by atoms with E-state index in [9.17, 15) is 4.79 Å². The topological polar surface area (TPSA) is 17.1 Å². The minimum Gasteiger partial charge on any atom is -0.303 e. The first-order valence-electron chi connectivity index (χ1n) is 5.71. The van der Waals surface area contributed by atoms with Gasteiger partial charge in [0.1, 0.15) is 6.29 Å². The van der Waals surface area contributed by atoms with Crippen molar-refractivity contribution in [2.24, 2.45) is 17.8 Å². The van der Waals surface area contributed by atoms with Crippen molar-refractivity contribution in [2.75, 3.05) is 0 Å². The second-order valence-electron chi connectivity index (χ2n) is 4.64. The maximum absolute atomic E-state index is 10.5. The number of hydrogen-bond acceptors (Lipinski definition) is 1. The Morgan fingerprint density at radius 3 is 2.23 bits per heavy atom. The summed E-state index contributed by atoms with van der Waals surface area (Å²) < 4.78 is 0. The largest absolute Gasteiger partial charge is 0.303 e. The quantitative estimate of drug-likeness (QED) is 0.609. The smallest absolute Gasteiger partial charge is 0.122 e. The van der Waals surface area contributed by atoms with Crippen LogP contribution in [0.3, 0.4) is 0 Å². The van der Waals surface area contributed by atoms with Gasteiger partial charge >= 0.3 is 0 Å². The highest BCUT2D eigenvalue weighted by Crippen LogP contribution is 2.33.